The zero-order chi connectivity index (χ0) is 18.1. The Hall–Kier alpha value is -3.02. The van der Waals surface area contributed by atoms with Gasteiger partial charge in [-0.05, 0) is 48.9 Å². The third-order valence-corrected chi connectivity index (χ3v) is 4.86. The van der Waals surface area contributed by atoms with Gasteiger partial charge in [-0.25, -0.2) is 0 Å². The van der Waals surface area contributed by atoms with Crippen molar-refractivity contribution in [3.63, 3.8) is 0 Å². The van der Waals surface area contributed by atoms with Crippen molar-refractivity contribution in [1.82, 2.24) is 10.3 Å². The van der Waals surface area contributed by atoms with Gasteiger partial charge in [0.15, 0.2) is 5.76 Å². The van der Waals surface area contributed by atoms with E-state index in [0.29, 0.717) is 6.54 Å². The zero-order valence-corrected chi connectivity index (χ0v) is 14.6. The number of methoxy groups -OCH3 is 1. The molecule has 0 spiro atoms. The topological polar surface area (TPSA) is 84.3 Å². The summed E-state index contributed by atoms with van der Waals surface area (Å²) in [6, 6.07) is 7.32. The van der Waals surface area contributed by atoms with Crippen LogP contribution in [0.4, 0.5) is 0 Å². The third-order valence-electron chi connectivity index (χ3n) is 4.86. The van der Waals surface area contributed by atoms with Crippen LogP contribution < -0.4 is 15.5 Å². The van der Waals surface area contributed by atoms with Gasteiger partial charge in [-0.15, -0.1) is 0 Å². The molecule has 0 unspecified atom stereocenters. The summed E-state index contributed by atoms with van der Waals surface area (Å²) in [4.78, 5) is 27.5. The van der Waals surface area contributed by atoms with Crippen LogP contribution in [0.15, 0.2) is 39.7 Å². The lowest BCUT2D eigenvalue weighted by molar-refractivity contribution is 0.0920. The number of rotatable bonds is 4. The largest absolute Gasteiger partial charge is 0.490 e. The van der Waals surface area contributed by atoms with Crippen molar-refractivity contribution in [3.8, 4) is 5.75 Å². The summed E-state index contributed by atoms with van der Waals surface area (Å²) in [5.74, 6) is -0.388. The summed E-state index contributed by atoms with van der Waals surface area (Å²) < 4.78 is 10.0. The highest BCUT2D eigenvalue weighted by Gasteiger charge is 2.16. The summed E-state index contributed by atoms with van der Waals surface area (Å²) in [7, 11) is 1.38. The maximum atomic E-state index is 12.2. The maximum Gasteiger partial charge on any atom is 0.287 e. The number of aromatic nitrogens is 1. The minimum atomic E-state index is -0.430. The van der Waals surface area contributed by atoms with E-state index in [9.17, 15) is 9.59 Å². The molecule has 2 heterocycles. The Morgan fingerprint density at radius 1 is 1.27 bits per heavy atom. The van der Waals surface area contributed by atoms with Crippen molar-refractivity contribution in [1.29, 1.82) is 0 Å². The Bertz CT molecular complexity index is 1030. The summed E-state index contributed by atoms with van der Waals surface area (Å²) >= 11 is 0. The Morgan fingerprint density at radius 3 is 2.92 bits per heavy atom. The van der Waals surface area contributed by atoms with Crippen LogP contribution in [0, 0.1) is 0 Å². The second kappa shape index (κ2) is 6.71. The smallest absolute Gasteiger partial charge is 0.287 e. The minimum Gasteiger partial charge on any atom is -0.490 e. The molecule has 0 atom stereocenters. The van der Waals surface area contributed by atoms with Crippen molar-refractivity contribution in [3.05, 3.63) is 63.3 Å². The third kappa shape index (κ3) is 2.98. The van der Waals surface area contributed by atoms with Crippen LogP contribution in [0.5, 0.6) is 5.75 Å². The number of carbonyl (C=O) groups is 1. The van der Waals surface area contributed by atoms with Crippen LogP contribution in [-0.4, -0.2) is 18.0 Å². The zero-order valence-electron chi connectivity index (χ0n) is 14.6. The van der Waals surface area contributed by atoms with Gasteiger partial charge < -0.3 is 19.5 Å². The number of nitrogens with one attached hydrogen (secondary N) is 2. The molecule has 1 aromatic carbocycles. The first-order valence-corrected chi connectivity index (χ1v) is 8.73. The van der Waals surface area contributed by atoms with E-state index in [1.165, 1.54) is 36.6 Å². The predicted octanol–water partition coefficient (Wildman–Crippen LogP) is 2.94. The number of benzene rings is 1. The Balaban J connectivity index is 1.51. The Morgan fingerprint density at radius 2 is 2.12 bits per heavy atom. The molecule has 4 rings (SSSR count). The van der Waals surface area contributed by atoms with Crippen molar-refractivity contribution in [2.75, 3.05) is 7.11 Å². The van der Waals surface area contributed by atoms with Crippen LogP contribution in [0.25, 0.3) is 10.9 Å². The molecule has 0 saturated carbocycles. The van der Waals surface area contributed by atoms with Crippen molar-refractivity contribution in [2.45, 2.75) is 32.2 Å². The standard InChI is InChI=1S/C20H20N2O4/c1-25-19-11-26-18(9-17(19)23)20(24)21-10-12-6-7-16-14(8-12)13-4-2-3-5-15(13)22-16/h6-9,11,22H,2-5,10H2,1H3,(H,21,24). The summed E-state index contributed by atoms with van der Waals surface area (Å²) in [5.41, 5.74) is 4.51. The van der Waals surface area contributed by atoms with E-state index >= 15 is 0 Å². The Kier molecular flexibility index (Phi) is 4.24. The average Bonchev–Trinajstić information content (AvgIpc) is 3.04. The molecule has 0 radical (unpaired) electrons. The van der Waals surface area contributed by atoms with Gasteiger partial charge in [-0.3, -0.25) is 9.59 Å². The highest BCUT2D eigenvalue weighted by molar-refractivity contribution is 5.91. The monoisotopic (exact) mass is 352 g/mol. The molecule has 2 aromatic heterocycles. The molecule has 0 fully saturated rings. The van der Waals surface area contributed by atoms with Gasteiger partial charge in [0.1, 0.15) is 6.26 Å². The summed E-state index contributed by atoms with van der Waals surface area (Å²) in [6.07, 6.45) is 5.80. The molecule has 3 aromatic rings. The van der Waals surface area contributed by atoms with E-state index in [-0.39, 0.29) is 16.9 Å². The number of ether oxygens (including phenoxy) is 1. The second-order valence-corrected chi connectivity index (χ2v) is 6.53. The number of fused-ring (bicyclic) bond motifs is 3. The van der Waals surface area contributed by atoms with Gasteiger partial charge in [0.05, 0.1) is 7.11 Å². The molecular weight excluding hydrogens is 332 g/mol. The van der Waals surface area contributed by atoms with Gasteiger partial charge >= 0.3 is 0 Å². The SMILES string of the molecule is COc1coc(C(=O)NCc2ccc3[nH]c4c(c3c2)CCCC4)cc1=O. The van der Waals surface area contributed by atoms with E-state index < -0.39 is 5.91 Å². The summed E-state index contributed by atoms with van der Waals surface area (Å²) in [5, 5.41) is 4.03. The van der Waals surface area contributed by atoms with Gasteiger partial charge in [-0.2, -0.15) is 0 Å². The molecular formula is C20H20N2O4. The molecule has 2 N–H and O–H groups in total. The first-order valence-electron chi connectivity index (χ1n) is 8.73. The lowest BCUT2D eigenvalue weighted by atomic mass is 9.95. The van der Waals surface area contributed by atoms with Crippen molar-refractivity contribution in [2.24, 2.45) is 0 Å². The van der Waals surface area contributed by atoms with E-state index in [0.717, 1.165) is 36.3 Å². The van der Waals surface area contributed by atoms with Crippen LogP contribution in [0.1, 0.15) is 40.2 Å². The normalized spacial score (nSPS) is 13.4. The minimum absolute atomic E-state index is 0.0316. The fraction of sp³-hybridized carbons (Fsp3) is 0.300. The predicted molar refractivity (Wildman–Crippen MR) is 97.6 cm³/mol. The number of hydrogen-bond donors (Lipinski definition) is 2. The van der Waals surface area contributed by atoms with Gasteiger partial charge in [0.25, 0.3) is 5.91 Å². The lowest BCUT2D eigenvalue weighted by Crippen LogP contribution is -2.24. The molecule has 6 nitrogen and oxygen atoms in total. The van der Waals surface area contributed by atoms with Gasteiger partial charge in [-0.1, -0.05) is 6.07 Å². The van der Waals surface area contributed by atoms with E-state index in [1.54, 1.807) is 0 Å². The van der Waals surface area contributed by atoms with Crippen LogP contribution >= 0.6 is 0 Å². The molecule has 1 aliphatic carbocycles. The fourth-order valence-electron chi connectivity index (χ4n) is 3.50. The lowest BCUT2D eigenvalue weighted by Gasteiger charge is -2.10. The first kappa shape index (κ1) is 16.4. The number of aryl methyl sites for hydroxylation is 2. The van der Waals surface area contributed by atoms with Crippen LogP contribution in [-0.2, 0) is 19.4 Å². The number of H-pyrrole nitrogens is 1. The first-order chi connectivity index (χ1) is 12.7. The van der Waals surface area contributed by atoms with Crippen molar-refractivity contribution < 1.29 is 13.9 Å². The average molecular weight is 352 g/mol. The van der Waals surface area contributed by atoms with Crippen LogP contribution in [0.3, 0.4) is 0 Å². The molecule has 1 amide bonds. The second-order valence-electron chi connectivity index (χ2n) is 6.53. The van der Waals surface area contributed by atoms with E-state index in [2.05, 4.69) is 22.4 Å². The molecule has 0 aliphatic heterocycles. The fourth-order valence-corrected chi connectivity index (χ4v) is 3.50. The summed E-state index contributed by atoms with van der Waals surface area (Å²) in [6.45, 7) is 0.366. The molecule has 0 saturated heterocycles. The molecule has 134 valence electrons. The van der Waals surface area contributed by atoms with Gasteiger partial charge in [0, 0.05) is 29.2 Å². The molecule has 26 heavy (non-hydrogen) atoms. The number of amides is 1. The maximum absolute atomic E-state index is 12.2. The molecule has 0 bridgehead atoms. The van der Waals surface area contributed by atoms with Gasteiger partial charge in [0.2, 0.25) is 11.2 Å². The number of carbonyl (C=O) groups excluding carboxylic acids is 1. The van der Waals surface area contributed by atoms with E-state index in [4.69, 9.17) is 9.15 Å². The molecule has 6 heteroatoms. The number of aromatic amines is 1. The van der Waals surface area contributed by atoms with Crippen molar-refractivity contribution >= 4 is 16.8 Å². The molecule has 1 aliphatic rings. The highest BCUT2D eigenvalue weighted by atomic mass is 16.5. The number of hydrogen-bond acceptors (Lipinski definition) is 4. The quantitative estimate of drug-likeness (QED) is 0.756. The Labute approximate surface area is 150 Å². The highest BCUT2D eigenvalue weighted by Crippen LogP contribution is 2.29. The van der Waals surface area contributed by atoms with E-state index in [1.807, 2.05) is 6.07 Å². The van der Waals surface area contributed by atoms with Crippen LogP contribution in [0.2, 0.25) is 0 Å².